The summed E-state index contributed by atoms with van der Waals surface area (Å²) in [5.41, 5.74) is 0. The molecular weight excluding hydrogens is 156 g/mol. The van der Waals surface area contributed by atoms with E-state index in [1.807, 2.05) is 0 Å². The normalized spacial score (nSPS) is 14.2. The van der Waals surface area contributed by atoms with E-state index in [0.717, 1.165) is 0 Å². The predicted octanol–water partition coefficient (Wildman–Crippen LogP) is -0.696. The first-order valence-electron chi connectivity index (χ1n) is 1.02. The molecule has 0 saturated heterocycles. The molecule has 0 aliphatic carbocycles. The van der Waals surface area contributed by atoms with Gasteiger partial charge in [-0.3, -0.25) is 8.76 Å². The smallest absolute Gasteiger partial charge is 0.335 e. The summed E-state index contributed by atoms with van der Waals surface area (Å²) in [5.74, 6) is 0. The van der Waals surface area contributed by atoms with Crippen LogP contribution >= 0.6 is 0 Å². The van der Waals surface area contributed by atoms with Crippen molar-refractivity contribution in [2.75, 3.05) is 0 Å². The predicted molar refractivity (Wildman–Crippen MR) is 27.2 cm³/mol. The minimum absolute atomic E-state index is 0. The molecular formula is CH5O5S2-. The van der Waals surface area contributed by atoms with Crippen LogP contribution in [0.25, 0.3) is 0 Å². The Kier molecular flexibility index (Phi) is 4.26. The third-order valence-corrected chi connectivity index (χ3v) is 1.55. The second kappa shape index (κ2) is 3.13. The summed E-state index contributed by atoms with van der Waals surface area (Å²) in [6.07, 6.45) is 0. The monoisotopic (exact) mass is 161 g/mol. The van der Waals surface area contributed by atoms with E-state index < -0.39 is 19.3 Å². The van der Waals surface area contributed by atoms with Crippen LogP contribution < -0.4 is 0 Å². The minimum atomic E-state index is -4.82. The Balaban J connectivity index is 0. The topological polar surface area (TPSA) is 94.5 Å². The third kappa shape index (κ3) is 4.19. The molecule has 0 aromatic heterocycles. The fourth-order valence-electron chi connectivity index (χ4n) is 0. The molecule has 0 bridgehead atoms. The molecule has 0 rings (SSSR count). The molecule has 0 spiro atoms. The van der Waals surface area contributed by atoms with Crippen LogP contribution in [0.3, 0.4) is 0 Å². The zero-order valence-electron chi connectivity index (χ0n) is 2.90. The van der Waals surface area contributed by atoms with Crippen LogP contribution in [0.4, 0.5) is 0 Å². The highest BCUT2D eigenvalue weighted by atomic mass is 33.2. The third-order valence-electron chi connectivity index (χ3n) is 0.172. The first-order chi connectivity index (χ1) is 2.94. The van der Waals surface area contributed by atoms with E-state index >= 15 is 0 Å². The lowest BCUT2D eigenvalue weighted by molar-refractivity contribution is 0.483. The average molecular weight is 161 g/mol. The van der Waals surface area contributed by atoms with Gasteiger partial charge in [0.15, 0.2) is 0 Å². The molecule has 52 valence electrons. The molecule has 7 heteroatoms. The van der Waals surface area contributed by atoms with Crippen molar-refractivity contribution in [2.45, 2.75) is 7.43 Å². The Morgan fingerprint density at radius 3 is 1.62 bits per heavy atom. The van der Waals surface area contributed by atoms with Gasteiger partial charge in [0.2, 0.25) is 0 Å². The molecule has 0 aliphatic rings. The van der Waals surface area contributed by atoms with Crippen molar-refractivity contribution in [1.82, 2.24) is 0 Å². The van der Waals surface area contributed by atoms with Gasteiger partial charge in [-0.15, -0.1) is 0 Å². The van der Waals surface area contributed by atoms with Gasteiger partial charge in [0, 0.05) is 0 Å². The van der Waals surface area contributed by atoms with Crippen LogP contribution in [0, 0.1) is 0 Å². The average Bonchev–Trinajstić information content (AvgIpc) is 1.31. The maximum Gasteiger partial charge on any atom is 0.335 e. The number of rotatable bonds is 1. The Labute approximate surface area is 49.2 Å². The lowest BCUT2D eigenvalue weighted by atomic mass is 12.0. The molecule has 0 heterocycles. The first kappa shape index (κ1) is 10.9. The molecule has 8 heavy (non-hydrogen) atoms. The highest BCUT2D eigenvalue weighted by molar-refractivity contribution is 8.59. The second-order valence-corrected chi connectivity index (χ2v) is 3.98. The minimum Gasteiger partial charge on any atom is -0.758 e. The lowest BCUT2D eigenvalue weighted by Crippen LogP contribution is -2.03. The van der Waals surface area contributed by atoms with Crippen LogP contribution in [0.2, 0.25) is 0 Å². The van der Waals surface area contributed by atoms with E-state index in [2.05, 4.69) is 0 Å². The van der Waals surface area contributed by atoms with Crippen molar-refractivity contribution in [2.24, 2.45) is 0 Å². The van der Waals surface area contributed by atoms with Gasteiger partial charge in [-0.1, -0.05) is 7.43 Å². The van der Waals surface area contributed by atoms with Crippen LogP contribution in [-0.4, -0.2) is 21.7 Å². The van der Waals surface area contributed by atoms with E-state index in [0.29, 0.717) is 0 Å². The first-order valence-corrected chi connectivity index (χ1v) is 4.05. The Bertz CT molecular complexity index is 165. The molecule has 0 saturated carbocycles. The fourth-order valence-corrected chi connectivity index (χ4v) is 0. The van der Waals surface area contributed by atoms with E-state index in [4.69, 9.17) is 4.55 Å². The largest absolute Gasteiger partial charge is 0.758 e. The summed E-state index contributed by atoms with van der Waals surface area (Å²) in [6.45, 7) is 0. The van der Waals surface area contributed by atoms with Gasteiger partial charge in [0.1, 0.15) is 0 Å². The molecule has 1 unspecified atom stereocenters. The SMILES string of the molecule is C.O=S([O-])S(=O)(=O)O. The van der Waals surface area contributed by atoms with Crippen molar-refractivity contribution in [3.8, 4) is 0 Å². The second-order valence-electron chi connectivity index (χ2n) is 0.632. The molecule has 0 aliphatic heterocycles. The van der Waals surface area contributed by atoms with Gasteiger partial charge in [-0.05, 0) is 0 Å². The van der Waals surface area contributed by atoms with Gasteiger partial charge in [-0.25, -0.2) is 0 Å². The van der Waals surface area contributed by atoms with Crippen molar-refractivity contribution in [3.63, 3.8) is 0 Å². The molecule has 0 fully saturated rings. The summed E-state index contributed by atoms with van der Waals surface area (Å²) >= 11 is 0. The summed E-state index contributed by atoms with van der Waals surface area (Å²) in [6, 6.07) is 0. The summed E-state index contributed by atoms with van der Waals surface area (Å²) in [7, 11) is -8.23. The molecule has 0 amide bonds. The van der Waals surface area contributed by atoms with E-state index in [1.165, 1.54) is 0 Å². The van der Waals surface area contributed by atoms with Crippen molar-refractivity contribution >= 4 is 19.3 Å². The lowest BCUT2D eigenvalue weighted by Gasteiger charge is -1.94. The van der Waals surface area contributed by atoms with Crippen molar-refractivity contribution in [1.29, 1.82) is 0 Å². The van der Waals surface area contributed by atoms with Gasteiger partial charge in [0.25, 0.3) is 0 Å². The maximum atomic E-state index is 9.27. The van der Waals surface area contributed by atoms with Crippen LogP contribution in [0.1, 0.15) is 7.43 Å². The fraction of sp³-hybridized carbons (Fsp3) is 1.00. The number of hydrogen-bond donors (Lipinski definition) is 1. The van der Waals surface area contributed by atoms with E-state index in [1.54, 1.807) is 0 Å². The number of hydrogen-bond acceptors (Lipinski definition) is 4. The van der Waals surface area contributed by atoms with Crippen molar-refractivity contribution < 1.29 is 21.7 Å². The van der Waals surface area contributed by atoms with Crippen LogP contribution in [0.5, 0.6) is 0 Å². The maximum absolute atomic E-state index is 9.27. The molecule has 0 radical (unpaired) electrons. The van der Waals surface area contributed by atoms with Gasteiger partial charge in [0.05, 0.1) is 10.1 Å². The highest BCUT2D eigenvalue weighted by Gasteiger charge is 2.00. The van der Waals surface area contributed by atoms with Crippen LogP contribution in [0.15, 0.2) is 0 Å². The zero-order valence-corrected chi connectivity index (χ0v) is 4.53. The van der Waals surface area contributed by atoms with E-state index in [-0.39, 0.29) is 7.43 Å². The Morgan fingerprint density at radius 1 is 1.50 bits per heavy atom. The molecule has 1 atom stereocenters. The van der Waals surface area contributed by atoms with Gasteiger partial charge >= 0.3 is 9.15 Å². The summed E-state index contributed by atoms with van der Waals surface area (Å²) < 4.78 is 44.4. The summed E-state index contributed by atoms with van der Waals surface area (Å²) in [4.78, 5) is 0. The zero-order chi connectivity index (χ0) is 6.08. The Hall–Kier alpha value is 0.0200. The molecule has 1 N–H and O–H groups in total. The van der Waals surface area contributed by atoms with Crippen LogP contribution in [-0.2, 0) is 19.3 Å². The highest BCUT2D eigenvalue weighted by Crippen LogP contribution is 1.82. The standard InChI is InChI=1S/CH4.H2O5S2/c;1-6(2)7(3,4)5/h1H4;(H,1,2)(H,3,4,5)/p-1. The Morgan fingerprint density at radius 2 is 1.62 bits per heavy atom. The molecule has 5 nitrogen and oxygen atoms in total. The van der Waals surface area contributed by atoms with E-state index in [9.17, 15) is 17.2 Å². The van der Waals surface area contributed by atoms with Gasteiger partial charge in [-0.2, -0.15) is 8.42 Å². The molecule has 0 aromatic rings. The van der Waals surface area contributed by atoms with Crippen molar-refractivity contribution in [3.05, 3.63) is 0 Å². The quantitative estimate of drug-likeness (QED) is 0.312. The molecule has 0 aromatic carbocycles. The van der Waals surface area contributed by atoms with Gasteiger partial charge < -0.3 is 4.55 Å². The summed E-state index contributed by atoms with van der Waals surface area (Å²) in [5, 5.41) is 0.